The molecule has 0 aromatic carbocycles. The van der Waals surface area contributed by atoms with E-state index < -0.39 is 0 Å². The first kappa shape index (κ1) is 19.8. The Morgan fingerprint density at radius 3 is 2.61 bits per heavy atom. The molecule has 0 spiro atoms. The fourth-order valence-corrected chi connectivity index (χ4v) is 3.59. The van der Waals surface area contributed by atoms with Crippen molar-refractivity contribution in [3.05, 3.63) is 64.9 Å². The third kappa shape index (κ3) is 4.83. The van der Waals surface area contributed by atoms with Crippen LogP contribution in [-0.4, -0.2) is 37.4 Å². The minimum absolute atomic E-state index is 0.202. The van der Waals surface area contributed by atoms with Crippen molar-refractivity contribution in [1.29, 1.82) is 0 Å². The van der Waals surface area contributed by atoms with Crippen molar-refractivity contribution in [1.82, 2.24) is 24.9 Å². The van der Waals surface area contributed by atoms with Crippen molar-refractivity contribution in [2.75, 3.05) is 5.75 Å². The van der Waals surface area contributed by atoms with Crippen LogP contribution in [0.3, 0.4) is 0 Å². The number of amides is 1. The van der Waals surface area contributed by atoms with E-state index in [4.69, 9.17) is 0 Å². The summed E-state index contributed by atoms with van der Waals surface area (Å²) in [5.41, 5.74) is 7.31. The molecule has 0 unspecified atom stereocenters. The second-order valence-electron chi connectivity index (χ2n) is 6.36. The van der Waals surface area contributed by atoms with Gasteiger partial charge in [-0.3, -0.25) is 4.79 Å². The fourth-order valence-electron chi connectivity index (χ4n) is 2.85. The summed E-state index contributed by atoms with van der Waals surface area (Å²) in [6.07, 6.45) is 3.41. The van der Waals surface area contributed by atoms with Gasteiger partial charge in [-0.2, -0.15) is 5.10 Å². The maximum atomic E-state index is 12.0. The molecular weight excluding hydrogens is 372 g/mol. The van der Waals surface area contributed by atoms with Crippen LogP contribution in [0.25, 0.3) is 5.82 Å². The Hall–Kier alpha value is -3.00. The van der Waals surface area contributed by atoms with Crippen LogP contribution in [0.4, 0.5) is 0 Å². The quantitative estimate of drug-likeness (QED) is 0.300. The lowest BCUT2D eigenvalue weighted by molar-refractivity contribution is -0.118. The Morgan fingerprint density at radius 2 is 1.93 bits per heavy atom. The molecule has 3 aromatic rings. The number of hydrogen-bond donors (Lipinski definition) is 1. The van der Waals surface area contributed by atoms with Gasteiger partial charge in [0.15, 0.2) is 5.16 Å². The highest BCUT2D eigenvalue weighted by Gasteiger charge is 2.10. The summed E-state index contributed by atoms with van der Waals surface area (Å²) in [6, 6.07) is 9.70. The summed E-state index contributed by atoms with van der Waals surface area (Å²) in [5, 5.41) is 4.68. The molecule has 0 aliphatic heterocycles. The third-order valence-corrected chi connectivity index (χ3v) is 4.88. The zero-order chi connectivity index (χ0) is 20.1. The van der Waals surface area contributed by atoms with E-state index in [-0.39, 0.29) is 11.7 Å². The van der Waals surface area contributed by atoms with Crippen molar-refractivity contribution in [2.45, 2.75) is 32.9 Å². The van der Waals surface area contributed by atoms with E-state index in [1.54, 1.807) is 12.4 Å². The number of hydrazone groups is 1. The van der Waals surface area contributed by atoms with Crippen LogP contribution in [0.1, 0.15) is 28.3 Å². The van der Waals surface area contributed by atoms with E-state index >= 15 is 0 Å². The molecule has 0 atom stereocenters. The van der Waals surface area contributed by atoms with Gasteiger partial charge in [-0.05, 0) is 52.0 Å². The second-order valence-corrected chi connectivity index (χ2v) is 7.31. The lowest BCUT2D eigenvalue weighted by atomic mass is 10.3. The number of carbonyl (C=O) groups is 1. The first-order valence-electron chi connectivity index (χ1n) is 8.81. The summed E-state index contributed by atoms with van der Waals surface area (Å²) in [7, 11) is 0. The zero-order valence-electron chi connectivity index (χ0n) is 16.3. The van der Waals surface area contributed by atoms with Crippen LogP contribution in [-0.2, 0) is 4.79 Å². The number of thioether (sulfide) groups is 1. The molecule has 0 saturated heterocycles. The predicted molar refractivity (Wildman–Crippen MR) is 111 cm³/mol. The predicted octanol–water partition coefficient (Wildman–Crippen LogP) is 3.14. The molecule has 7 nitrogen and oxygen atoms in total. The average Bonchev–Trinajstić information content (AvgIpc) is 2.93. The van der Waals surface area contributed by atoms with Gasteiger partial charge >= 0.3 is 0 Å². The van der Waals surface area contributed by atoms with Crippen molar-refractivity contribution in [2.24, 2.45) is 5.10 Å². The first-order valence-corrected chi connectivity index (χ1v) is 9.80. The Kier molecular flexibility index (Phi) is 6.20. The Labute approximate surface area is 168 Å². The molecule has 1 amide bonds. The number of hydrogen-bond acceptors (Lipinski definition) is 6. The lowest BCUT2D eigenvalue weighted by Crippen LogP contribution is -2.19. The molecule has 3 aromatic heterocycles. The maximum Gasteiger partial charge on any atom is 0.250 e. The van der Waals surface area contributed by atoms with E-state index in [0.717, 1.165) is 34.2 Å². The molecule has 0 aliphatic carbocycles. The number of pyridine rings is 1. The Bertz CT molecular complexity index is 993. The number of aryl methyl sites for hydroxylation is 3. The summed E-state index contributed by atoms with van der Waals surface area (Å²) in [5.74, 6) is 0.848. The molecule has 0 aliphatic rings. The molecular formula is C20H22N6OS. The van der Waals surface area contributed by atoms with Gasteiger partial charge in [0.25, 0.3) is 5.91 Å². The molecule has 0 fully saturated rings. The van der Waals surface area contributed by atoms with Gasteiger partial charge < -0.3 is 4.57 Å². The minimum atomic E-state index is -0.206. The first-order chi connectivity index (χ1) is 13.4. The Balaban J connectivity index is 1.61. The van der Waals surface area contributed by atoms with Gasteiger partial charge in [-0.1, -0.05) is 17.8 Å². The molecule has 0 radical (unpaired) electrons. The van der Waals surface area contributed by atoms with Crippen molar-refractivity contribution in [3.8, 4) is 5.82 Å². The van der Waals surface area contributed by atoms with Crippen molar-refractivity contribution >= 4 is 23.9 Å². The van der Waals surface area contributed by atoms with Gasteiger partial charge in [-0.15, -0.1) is 0 Å². The average molecular weight is 395 g/mol. The van der Waals surface area contributed by atoms with Crippen LogP contribution in [0.2, 0.25) is 0 Å². The summed E-state index contributed by atoms with van der Waals surface area (Å²) in [4.78, 5) is 25.1. The van der Waals surface area contributed by atoms with Crippen LogP contribution in [0.5, 0.6) is 0 Å². The lowest BCUT2D eigenvalue weighted by Gasteiger charge is -2.07. The Morgan fingerprint density at radius 1 is 1.18 bits per heavy atom. The number of nitrogens with zero attached hydrogens (tertiary/aromatic N) is 5. The molecule has 0 saturated carbocycles. The monoisotopic (exact) mass is 394 g/mol. The van der Waals surface area contributed by atoms with E-state index in [2.05, 4.69) is 30.0 Å². The van der Waals surface area contributed by atoms with E-state index in [9.17, 15) is 4.79 Å². The fraction of sp³-hybridized carbons (Fsp3) is 0.250. The van der Waals surface area contributed by atoms with Gasteiger partial charge in [0.05, 0.1) is 12.0 Å². The van der Waals surface area contributed by atoms with E-state index in [1.807, 2.05) is 58.0 Å². The molecule has 8 heteroatoms. The number of carbonyl (C=O) groups excluding carboxylic acids is 1. The van der Waals surface area contributed by atoms with Gasteiger partial charge in [0.2, 0.25) is 0 Å². The highest BCUT2D eigenvalue weighted by Crippen LogP contribution is 2.18. The van der Waals surface area contributed by atoms with Crippen molar-refractivity contribution in [3.63, 3.8) is 0 Å². The maximum absolute atomic E-state index is 12.0. The van der Waals surface area contributed by atoms with E-state index in [0.29, 0.717) is 5.16 Å². The van der Waals surface area contributed by atoms with Gasteiger partial charge in [0.1, 0.15) is 5.82 Å². The summed E-state index contributed by atoms with van der Waals surface area (Å²) in [6.45, 7) is 7.82. The normalized spacial score (nSPS) is 11.1. The molecule has 1 N–H and O–H groups in total. The highest BCUT2D eigenvalue weighted by molar-refractivity contribution is 7.99. The summed E-state index contributed by atoms with van der Waals surface area (Å²) < 4.78 is 2.05. The highest BCUT2D eigenvalue weighted by atomic mass is 32.2. The smallest absolute Gasteiger partial charge is 0.250 e. The molecule has 3 heterocycles. The van der Waals surface area contributed by atoms with Crippen LogP contribution in [0, 0.1) is 27.7 Å². The van der Waals surface area contributed by atoms with Gasteiger partial charge in [0, 0.05) is 34.5 Å². The SMILES string of the molecule is Cc1cc(C)nc(SCC(=O)N/N=C\c2cc(C)n(-c3ccccn3)c2C)n1. The molecule has 144 valence electrons. The van der Waals surface area contributed by atoms with Crippen molar-refractivity contribution < 1.29 is 4.79 Å². The van der Waals surface area contributed by atoms with E-state index in [1.165, 1.54) is 11.8 Å². The van der Waals surface area contributed by atoms with Crippen LogP contribution < -0.4 is 5.43 Å². The van der Waals surface area contributed by atoms with Crippen LogP contribution in [0.15, 0.2) is 46.8 Å². The topological polar surface area (TPSA) is 85.1 Å². The molecule has 28 heavy (non-hydrogen) atoms. The number of nitrogens with one attached hydrogen (secondary N) is 1. The van der Waals surface area contributed by atoms with Gasteiger partial charge in [-0.25, -0.2) is 20.4 Å². The largest absolute Gasteiger partial charge is 0.303 e. The van der Waals surface area contributed by atoms with Crippen LogP contribution >= 0.6 is 11.8 Å². The standard InChI is InChI=1S/C20H22N6OS/c1-13-9-14(2)24-20(23-13)28-12-19(27)25-22-11-17-10-15(3)26(16(17)4)18-7-5-6-8-21-18/h5-11H,12H2,1-4H3,(H,25,27)/b22-11-. The number of rotatable bonds is 6. The second kappa shape index (κ2) is 8.79. The molecule has 3 rings (SSSR count). The number of aromatic nitrogens is 4. The minimum Gasteiger partial charge on any atom is -0.303 e. The zero-order valence-corrected chi connectivity index (χ0v) is 17.1. The molecule has 0 bridgehead atoms. The third-order valence-electron chi connectivity index (χ3n) is 4.04. The summed E-state index contributed by atoms with van der Waals surface area (Å²) >= 11 is 1.29.